The molecule has 1 aromatic carbocycles. The zero-order chi connectivity index (χ0) is 11.2. The van der Waals surface area contributed by atoms with Crippen molar-refractivity contribution in [2.45, 2.75) is 33.7 Å². The lowest BCUT2D eigenvalue weighted by molar-refractivity contribution is 0.816. The molecule has 1 atom stereocenters. The third kappa shape index (κ3) is 1.55. The summed E-state index contributed by atoms with van der Waals surface area (Å²) in [6.07, 6.45) is 0. The molecular weight excluding hydrogens is 184 g/mol. The second kappa shape index (κ2) is 3.38. The standard InChI is InChI=1S/C13H18N2/c1-7-5-8(2)12-11(6-7)15-10(4)13(12)9(3)14/h5-6,9,15H,14H2,1-4H3. The van der Waals surface area contributed by atoms with Crippen molar-refractivity contribution in [3.05, 3.63) is 34.5 Å². The summed E-state index contributed by atoms with van der Waals surface area (Å²) in [5, 5.41) is 1.30. The molecule has 2 rings (SSSR count). The van der Waals surface area contributed by atoms with Gasteiger partial charge in [0.15, 0.2) is 0 Å². The molecule has 2 nitrogen and oxygen atoms in total. The summed E-state index contributed by atoms with van der Waals surface area (Å²) >= 11 is 0. The normalized spacial score (nSPS) is 13.4. The van der Waals surface area contributed by atoms with Crippen molar-refractivity contribution >= 4 is 10.9 Å². The first-order chi connectivity index (χ1) is 7.00. The lowest BCUT2D eigenvalue weighted by Gasteiger charge is -2.07. The van der Waals surface area contributed by atoms with Gasteiger partial charge in [-0.25, -0.2) is 0 Å². The molecule has 80 valence electrons. The van der Waals surface area contributed by atoms with Gasteiger partial charge in [0.1, 0.15) is 0 Å². The minimum Gasteiger partial charge on any atom is -0.358 e. The van der Waals surface area contributed by atoms with E-state index >= 15 is 0 Å². The summed E-state index contributed by atoms with van der Waals surface area (Å²) in [5.41, 5.74) is 12.3. The van der Waals surface area contributed by atoms with E-state index in [0.29, 0.717) is 0 Å². The third-order valence-corrected chi connectivity index (χ3v) is 2.93. The van der Waals surface area contributed by atoms with Gasteiger partial charge in [0.05, 0.1) is 0 Å². The molecule has 3 N–H and O–H groups in total. The summed E-state index contributed by atoms with van der Waals surface area (Å²) in [7, 11) is 0. The Hall–Kier alpha value is -1.28. The average Bonchev–Trinajstić information content (AvgIpc) is 2.40. The molecule has 1 heterocycles. The Morgan fingerprint density at radius 1 is 1.20 bits per heavy atom. The Morgan fingerprint density at radius 3 is 2.47 bits per heavy atom. The third-order valence-electron chi connectivity index (χ3n) is 2.93. The van der Waals surface area contributed by atoms with Crippen molar-refractivity contribution in [3.63, 3.8) is 0 Å². The van der Waals surface area contributed by atoms with Gasteiger partial charge < -0.3 is 10.7 Å². The summed E-state index contributed by atoms with van der Waals surface area (Å²) < 4.78 is 0. The molecule has 0 fully saturated rings. The maximum absolute atomic E-state index is 6.01. The first-order valence-corrected chi connectivity index (χ1v) is 5.35. The number of aromatic amines is 1. The van der Waals surface area contributed by atoms with E-state index < -0.39 is 0 Å². The van der Waals surface area contributed by atoms with Crippen molar-refractivity contribution in [2.75, 3.05) is 0 Å². The van der Waals surface area contributed by atoms with Gasteiger partial charge in [0.25, 0.3) is 0 Å². The Morgan fingerprint density at radius 2 is 1.87 bits per heavy atom. The van der Waals surface area contributed by atoms with Crippen molar-refractivity contribution in [2.24, 2.45) is 5.73 Å². The minimum absolute atomic E-state index is 0.0835. The fraction of sp³-hybridized carbons (Fsp3) is 0.385. The number of hydrogen-bond donors (Lipinski definition) is 2. The van der Waals surface area contributed by atoms with Crippen LogP contribution < -0.4 is 5.73 Å². The maximum atomic E-state index is 6.01. The number of aromatic nitrogens is 1. The molecule has 1 aromatic heterocycles. The minimum atomic E-state index is 0.0835. The van der Waals surface area contributed by atoms with Crippen LogP contribution >= 0.6 is 0 Å². The highest BCUT2D eigenvalue weighted by Gasteiger charge is 2.13. The second-order valence-corrected chi connectivity index (χ2v) is 4.46. The van der Waals surface area contributed by atoms with E-state index in [2.05, 4.69) is 37.9 Å². The monoisotopic (exact) mass is 202 g/mol. The van der Waals surface area contributed by atoms with E-state index in [1.165, 1.54) is 33.3 Å². The summed E-state index contributed by atoms with van der Waals surface area (Å²) in [4.78, 5) is 3.41. The number of nitrogens with one attached hydrogen (secondary N) is 1. The Labute approximate surface area is 90.5 Å². The van der Waals surface area contributed by atoms with Crippen molar-refractivity contribution < 1.29 is 0 Å². The number of fused-ring (bicyclic) bond motifs is 1. The van der Waals surface area contributed by atoms with E-state index in [1.54, 1.807) is 0 Å². The van der Waals surface area contributed by atoms with Crippen molar-refractivity contribution in [3.8, 4) is 0 Å². The number of hydrogen-bond acceptors (Lipinski definition) is 1. The molecule has 0 aliphatic rings. The zero-order valence-corrected chi connectivity index (χ0v) is 9.81. The molecule has 0 saturated heterocycles. The quantitative estimate of drug-likeness (QED) is 0.733. The smallest absolute Gasteiger partial charge is 0.0464 e. The Bertz CT molecular complexity index is 507. The largest absolute Gasteiger partial charge is 0.358 e. The van der Waals surface area contributed by atoms with E-state index in [0.717, 1.165) is 0 Å². The molecule has 2 aromatic rings. The zero-order valence-electron chi connectivity index (χ0n) is 9.81. The van der Waals surface area contributed by atoms with Crippen LogP contribution in [0.5, 0.6) is 0 Å². The number of nitrogens with two attached hydrogens (primary N) is 1. The average molecular weight is 202 g/mol. The highest BCUT2D eigenvalue weighted by atomic mass is 14.7. The molecule has 0 bridgehead atoms. The summed E-state index contributed by atoms with van der Waals surface area (Å²) in [6.45, 7) is 8.39. The number of rotatable bonds is 1. The van der Waals surface area contributed by atoms with Crippen LogP contribution in [0.2, 0.25) is 0 Å². The van der Waals surface area contributed by atoms with Crippen molar-refractivity contribution in [1.82, 2.24) is 4.98 Å². The van der Waals surface area contributed by atoms with Crippen LogP contribution in [0.1, 0.15) is 35.3 Å². The van der Waals surface area contributed by atoms with Gasteiger partial charge in [-0.15, -0.1) is 0 Å². The molecule has 0 aliphatic heterocycles. The lowest BCUT2D eigenvalue weighted by Crippen LogP contribution is -2.06. The molecule has 0 radical (unpaired) electrons. The van der Waals surface area contributed by atoms with Crippen LogP contribution in [0.25, 0.3) is 10.9 Å². The van der Waals surface area contributed by atoms with Crippen LogP contribution in [-0.4, -0.2) is 4.98 Å². The van der Waals surface area contributed by atoms with E-state index in [1.807, 2.05) is 6.92 Å². The van der Waals surface area contributed by atoms with Crippen LogP contribution in [0.3, 0.4) is 0 Å². The molecule has 2 heteroatoms. The number of aryl methyl sites for hydroxylation is 3. The Kier molecular flexibility index (Phi) is 2.31. The second-order valence-electron chi connectivity index (χ2n) is 4.46. The van der Waals surface area contributed by atoms with Crippen LogP contribution in [0.15, 0.2) is 12.1 Å². The van der Waals surface area contributed by atoms with E-state index in [-0.39, 0.29) is 6.04 Å². The highest BCUT2D eigenvalue weighted by molar-refractivity contribution is 5.88. The fourth-order valence-corrected chi connectivity index (χ4v) is 2.45. The van der Waals surface area contributed by atoms with Crippen LogP contribution in [-0.2, 0) is 0 Å². The fourth-order valence-electron chi connectivity index (χ4n) is 2.45. The molecular formula is C13H18N2. The topological polar surface area (TPSA) is 41.8 Å². The van der Waals surface area contributed by atoms with Gasteiger partial charge in [-0.1, -0.05) is 6.07 Å². The highest BCUT2D eigenvalue weighted by Crippen LogP contribution is 2.30. The molecule has 0 amide bonds. The van der Waals surface area contributed by atoms with E-state index in [9.17, 15) is 0 Å². The number of H-pyrrole nitrogens is 1. The predicted molar refractivity (Wildman–Crippen MR) is 65.1 cm³/mol. The summed E-state index contributed by atoms with van der Waals surface area (Å²) in [6, 6.07) is 4.48. The first-order valence-electron chi connectivity index (χ1n) is 5.35. The van der Waals surface area contributed by atoms with Crippen LogP contribution in [0.4, 0.5) is 0 Å². The summed E-state index contributed by atoms with van der Waals surface area (Å²) in [5.74, 6) is 0. The van der Waals surface area contributed by atoms with E-state index in [4.69, 9.17) is 5.73 Å². The molecule has 15 heavy (non-hydrogen) atoms. The van der Waals surface area contributed by atoms with Gasteiger partial charge in [-0.05, 0) is 50.5 Å². The SMILES string of the molecule is Cc1cc(C)c2c(C(C)N)c(C)[nH]c2c1. The van der Waals surface area contributed by atoms with Gasteiger partial charge in [-0.3, -0.25) is 0 Å². The van der Waals surface area contributed by atoms with Gasteiger partial charge in [0.2, 0.25) is 0 Å². The van der Waals surface area contributed by atoms with Crippen molar-refractivity contribution in [1.29, 1.82) is 0 Å². The van der Waals surface area contributed by atoms with Gasteiger partial charge in [0, 0.05) is 22.6 Å². The van der Waals surface area contributed by atoms with Gasteiger partial charge >= 0.3 is 0 Å². The molecule has 0 aliphatic carbocycles. The maximum Gasteiger partial charge on any atom is 0.0464 e. The molecule has 0 saturated carbocycles. The predicted octanol–water partition coefficient (Wildman–Crippen LogP) is 3.11. The Balaban J connectivity index is 2.87. The first kappa shape index (κ1) is 10.2. The molecule has 0 spiro atoms. The number of benzene rings is 1. The van der Waals surface area contributed by atoms with Gasteiger partial charge in [-0.2, -0.15) is 0 Å². The van der Waals surface area contributed by atoms with Crippen LogP contribution in [0, 0.1) is 20.8 Å². The molecule has 1 unspecified atom stereocenters. The lowest BCUT2D eigenvalue weighted by atomic mass is 10.00.